The van der Waals surface area contributed by atoms with Gasteiger partial charge in [0.05, 0.1) is 10.5 Å². The number of aromatic nitrogens is 1. The number of benzene rings is 1. The summed E-state index contributed by atoms with van der Waals surface area (Å²) in [7, 11) is 0. The molecule has 1 aromatic carbocycles. The van der Waals surface area contributed by atoms with Gasteiger partial charge in [0.15, 0.2) is 11.1 Å². The first-order valence-electron chi connectivity index (χ1n) is 4.17. The van der Waals surface area contributed by atoms with Gasteiger partial charge in [0.25, 0.3) is 0 Å². The third kappa shape index (κ3) is 2.00. The summed E-state index contributed by atoms with van der Waals surface area (Å²) in [6.07, 6.45) is 2.45. The van der Waals surface area contributed by atoms with Gasteiger partial charge >= 0.3 is 0 Å². The van der Waals surface area contributed by atoms with E-state index in [1.807, 2.05) is 24.4 Å². The largest absolute Gasteiger partial charge is 0.306 e. The van der Waals surface area contributed by atoms with Crippen LogP contribution in [-0.2, 0) is 17.5 Å². The van der Waals surface area contributed by atoms with Crippen LogP contribution in [0.25, 0.3) is 10.1 Å². The minimum absolute atomic E-state index is 0.289. The van der Waals surface area contributed by atoms with Crippen molar-refractivity contribution in [3.63, 3.8) is 0 Å². The molecule has 0 fully saturated rings. The van der Waals surface area contributed by atoms with Crippen molar-refractivity contribution in [3.05, 3.63) is 30.0 Å². The first-order valence-corrected chi connectivity index (χ1v) is 6.22. The molecule has 0 spiro atoms. The number of nitrogens with zero attached hydrogens (tertiary/aromatic N) is 1. The van der Waals surface area contributed by atoms with Crippen molar-refractivity contribution in [1.29, 1.82) is 0 Å². The molecule has 1 heterocycles. The quantitative estimate of drug-likeness (QED) is 0.816. The molecule has 0 aliphatic heterocycles. The van der Waals surface area contributed by atoms with Crippen molar-refractivity contribution < 1.29 is 8.76 Å². The summed E-state index contributed by atoms with van der Waals surface area (Å²) < 4.78 is 24.5. The van der Waals surface area contributed by atoms with Crippen molar-refractivity contribution in [2.24, 2.45) is 0 Å². The molecule has 2 rings (SSSR count). The van der Waals surface area contributed by atoms with E-state index < -0.39 is 11.1 Å². The van der Waals surface area contributed by atoms with Gasteiger partial charge in [-0.05, 0) is 23.5 Å². The maximum atomic E-state index is 10.5. The van der Waals surface area contributed by atoms with E-state index in [1.54, 1.807) is 0 Å². The van der Waals surface area contributed by atoms with Gasteiger partial charge in [-0.15, -0.1) is 0 Å². The molecule has 3 nitrogen and oxygen atoms in total. The maximum Gasteiger partial charge on any atom is 0.153 e. The molecular formula is C9H9NO2S2. The van der Waals surface area contributed by atoms with E-state index >= 15 is 0 Å². The third-order valence-electron chi connectivity index (χ3n) is 2.01. The minimum atomic E-state index is -1.71. The normalized spacial score (nSPS) is 13.2. The Balaban J connectivity index is 2.32. The highest BCUT2D eigenvalue weighted by atomic mass is 32.2. The van der Waals surface area contributed by atoms with E-state index in [-0.39, 0.29) is 5.75 Å². The fourth-order valence-corrected chi connectivity index (χ4v) is 2.53. The molecule has 2 aromatic rings. The van der Waals surface area contributed by atoms with E-state index in [9.17, 15) is 4.21 Å². The van der Waals surface area contributed by atoms with Gasteiger partial charge in [-0.25, -0.2) is 4.21 Å². The lowest BCUT2D eigenvalue weighted by atomic mass is 10.1. The molecule has 0 aliphatic carbocycles. The molecule has 0 amide bonds. The van der Waals surface area contributed by atoms with Gasteiger partial charge < -0.3 is 4.55 Å². The van der Waals surface area contributed by atoms with Crippen molar-refractivity contribution in [3.8, 4) is 0 Å². The molecule has 14 heavy (non-hydrogen) atoms. The summed E-state index contributed by atoms with van der Waals surface area (Å²) in [5.41, 5.74) is 1.10. The van der Waals surface area contributed by atoms with Gasteiger partial charge in [0, 0.05) is 11.6 Å². The summed E-state index contributed by atoms with van der Waals surface area (Å²) >= 11 is -0.278. The average Bonchev–Trinajstić information content (AvgIpc) is 2.62. The number of aryl methyl sites for hydroxylation is 1. The van der Waals surface area contributed by atoms with Crippen LogP contribution in [0.3, 0.4) is 0 Å². The summed E-state index contributed by atoms with van der Waals surface area (Å²) in [5, 5.41) is 1.11. The first kappa shape index (κ1) is 9.76. The Kier molecular flexibility index (Phi) is 2.90. The Morgan fingerprint density at radius 2 is 2.36 bits per heavy atom. The summed E-state index contributed by atoms with van der Waals surface area (Å²) in [5.74, 6) is 0.289. The van der Waals surface area contributed by atoms with Crippen LogP contribution in [0.2, 0.25) is 0 Å². The minimum Gasteiger partial charge on any atom is -0.306 e. The Morgan fingerprint density at radius 1 is 1.50 bits per heavy atom. The molecule has 0 saturated carbocycles. The van der Waals surface area contributed by atoms with Gasteiger partial charge in [-0.1, -0.05) is 18.2 Å². The first-order chi connectivity index (χ1) is 6.77. The fourth-order valence-electron chi connectivity index (χ4n) is 1.35. The molecule has 1 N–H and O–H groups in total. The highest BCUT2D eigenvalue weighted by Crippen LogP contribution is 2.22. The number of hydrogen-bond donors (Lipinski definition) is 1. The standard InChI is InChI=1S/C9H9NO2S2/c11-14(12)5-4-7-2-1-3-8-6-10-13-9(7)8/h1-3,6H,4-5H2,(H,11,12). The zero-order valence-corrected chi connectivity index (χ0v) is 8.98. The lowest BCUT2D eigenvalue weighted by Crippen LogP contribution is -1.98. The lowest BCUT2D eigenvalue weighted by molar-refractivity contribution is 0.564. The average molecular weight is 227 g/mol. The van der Waals surface area contributed by atoms with E-state index in [4.69, 9.17) is 4.55 Å². The topological polar surface area (TPSA) is 50.2 Å². The number of fused-ring (bicyclic) bond motifs is 1. The zero-order valence-electron chi connectivity index (χ0n) is 7.34. The van der Waals surface area contributed by atoms with Crippen LogP contribution in [0, 0.1) is 0 Å². The van der Waals surface area contributed by atoms with Crippen LogP contribution >= 0.6 is 11.5 Å². The van der Waals surface area contributed by atoms with E-state index in [0.717, 1.165) is 15.6 Å². The molecule has 0 saturated heterocycles. The van der Waals surface area contributed by atoms with Gasteiger partial charge in [-0.3, -0.25) is 0 Å². The van der Waals surface area contributed by atoms with E-state index in [2.05, 4.69) is 4.37 Å². The van der Waals surface area contributed by atoms with Crippen LogP contribution in [0.4, 0.5) is 0 Å². The van der Waals surface area contributed by atoms with Crippen LogP contribution in [0.15, 0.2) is 24.4 Å². The predicted molar refractivity (Wildman–Crippen MR) is 59.0 cm³/mol. The maximum absolute atomic E-state index is 10.5. The van der Waals surface area contributed by atoms with Gasteiger partial charge in [0.2, 0.25) is 0 Å². The van der Waals surface area contributed by atoms with Crippen molar-refractivity contribution in [2.45, 2.75) is 6.42 Å². The molecule has 74 valence electrons. The van der Waals surface area contributed by atoms with Gasteiger partial charge in [0.1, 0.15) is 0 Å². The second-order valence-corrected chi connectivity index (χ2v) is 4.79. The van der Waals surface area contributed by atoms with E-state index in [1.165, 1.54) is 11.5 Å². The van der Waals surface area contributed by atoms with Crippen molar-refractivity contribution >= 4 is 32.7 Å². The molecule has 5 heteroatoms. The molecule has 1 atom stereocenters. The van der Waals surface area contributed by atoms with Crippen LogP contribution in [0.1, 0.15) is 5.56 Å². The Morgan fingerprint density at radius 3 is 3.14 bits per heavy atom. The number of hydrogen-bond acceptors (Lipinski definition) is 3. The lowest BCUT2D eigenvalue weighted by Gasteiger charge is -1.99. The third-order valence-corrected chi connectivity index (χ3v) is 3.45. The summed E-state index contributed by atoms with van der Waals surface area (Å²) in [6.45, 7) is 0. The molecule has 0 radical (unpaired) electrons. The fraction of sp³-hybridized carbons (Fsp3) is 0.222. The monoisotopic (exact) mass is 227 g/mol. The van der Waals surface area contributed by atoms with E-state index in [0.29, 0.717) is 6.42 Å². The summed E-state index contributed by atoms with van der Waals surface area (Å²) in [4.78, 5) is 0. The Hall–Kier alpha value is -0.780. The SMILES string of the molecule is O=S(O)CCc1cccc2cnsc12. The van der Waals surface area contributed by atoms with Crippen LogP contribution < -0.4 is 0 Å². The molecular weight excluding hydrogens is 218 g/mol. The predicted octanol–water partition coefficient (Wildman–Crippen LogP) is 2.06. The van der Waals surface area contributed by atoms with Crippen molar-refractivity contribution in [2.75, 3.05) is 5.75 Å². The number of rotatable bonds is 3. The van der Waals surface area contributed by atoms with Crippen LogP contribution in [-0.4, -0.2) is 18.9 Å². The second kappa shape index (κ2) is 4.16. The highest BCUT2D eigenvalue weighted by molar-refractivity contribution is 7.79. The molecule has 0 bridgehead atoms. The summed E-state index contributed by atoms with van der Waals surface area (Å²) in [6, 6.07) is 5.93. The smallest absolute Gasteiger partial charge is 0.153 e. The molecule has 1 aromatic heterocycles. The highest BCUT2D eigenvalue weighted by Gasteiger charge is 2.04. The second-order valence-electron chi connectivity index (χ2n) is 2.94. The van der Waals surface area contributed by atoms with Gasteiger partial charge in [-0.2, -0.15) is 4.37 Å². The molecule has 0 aliphatic rings. The molecule has 1 unspecified atom stereocenters. The zero-order chi connectivity index (χ0) is 9.97. The Bertz CT molecular complexity index is 467. The van der Waals surface area contributed by atoms with Crippen LogP contribution in [0.5, 0.6) is 0 Å². The van der Waals surface area contributed by atoms with Crippen molar-refractivity contribution in [1.82, 2.24) is 4.37 Å². The Labute approximate surface area is 88.2 Å².